The molecule has 0 rings (SSSR count). The fourth-order valence-electron chi connectivity index (χ4n) is 9.66. The number of Topliss-reactive ketones (excluding diaryl/α,β-unsaturated/α-hetero) is 2. The quantitative estimate of drug-likeness (QED) is 0.0305. The summed E-state index contributed by atoms with van der Waals surface area (Å²) in [6, 6.07) is -9.58. The molecule has 0 spiro atoms. The molecule has 0 saturated heterocycles. The first-order valence-electron chi connectivity index (χ1n) is 34.9. The van der Waals surface area contributed by atoms with Gasteiger partial charge in [0.05, 0.1) is 59.4 Å². The van der Waals surface area contributed by atoms with Gasteiger partial charge in [-0.25, -0.2) is 0 Å². The third-order valence-corrected chi connectivity index (χ3v) is 15.9. The molecule has 0 aromatic rings. The second-order valence-electron chi connectivity index (χ2n) is 25.0. The first-order valence-corrected chi connectivity index (χ1v) is 34.9. The molecule has 0 aromatic carbocycles. The Morgan fingerprint density at radius 1 is 0.384 bits per heavy atom. The predicted molar refractivity (Wildman–Crippen MR) is 365 cm³/mol. The third-order valence-electron chi connectivity index (χ3n) is 15.9. The zero-order valence-electron chi connectivity index (χ0n) is 59.3. The number of carbonyl (C=O) groups is 13. The number of nitrogens with one attached hydrogen (secondary N) is 8. The van der Waals surface area contributed by atoms with Crippen molar-refractivity contribution in [3.63, 3.8) is 0 Å². The highest BCUT2D eigenvalue weighted by Crippen LogP contribution is 2.16. The van der Waals surface area contributed by atoms with Crippen LogP contribution in [0.2, 0.25) is 0 Å². The normalized spacial score (nSPS) is 13.4. The molecular formula is C66H120N12O21. The van der Waals surface area contributed by atoms with Crippen molar-refractivity contribution in [1.82, 2.24) is 52.3 Å². The number of hydrogen-bond donors (Lipinski definition) is 14. The molecule has 0 aliphatic rings. The number of amides is 10. The third kappa shape index (κ3) is 51.0. The molecule has 16 N–H and O–H groups in total. The van der Waals surface area contributed by atoms with Gasteiger partial charge in [0.25, 0.3) is 0 Å². The monoisotopic (exact) mass is 1420 g/mol. The number of primary amides is 2. The predicted octanol–water partition coefficient (Wildman–Crippen LogP) is -1.59. The minimum absolute atomic E-state index is 0.00131. The Bertz CT molecular complexity index is 2370. The van der Waals surface area contributed by atoms with E-state index in [0.29, 0.717) is 32.3 Å². The molecule has 0 saturated carbocycles. The van der Waals surface area contributed by atoms with Crippen molar-refractivity contribution >= 4 is 76.6 Å². The molecule has 570 valence electrons. The maximum atomic E-state index is 13.8. The van der Waals surface area contributed by atoms with Crippen LogP contribution in [0, 0.1) is 0 Å². The van der Waals surface area contributed by atoms with Crippen molar-refractivity contribution in [1.29, 1.82) is 0 Å². The van der Waals surface area contributed by atoms with Crippen LogP contribution in [0.5, 0.6) is 0 Å². The molecule has 0 fully saturated rings. The Balaban J connectivity index is 4.74. The van der Waals surface area contributed by atoms with Gasteiger partial charge in [-0.15, -0.1) is 0 Å². The Labute approximate surface area is 583 Å². The number of carboxylic acid groups (broad SMARTS) is 1. The smallest absolute Gasteiger partial charge is 0.303 e. The van der Waals surface area contributed by atoms with Gasteiger partial charge >= 0.3 is 5.97 Å². The Morgan fingerprint density at radius 3 is 1.19 bits per heavy atom. The first kappa shape index (κ1) is 92.1. The molecule has 33 heteroatoms. The summed E-state index contributed by atoms with van der Waals surface area (Å²) in [6.45, 7) is -1.01. The van der Waals surface area contributed by atoms with Crippen molar-refractivity contribution < 1.29 is 102 Å². The summed E-state index contributed by atoms with van der Waals surface area (Å²) in [5.74, 6) is -10.1. The van der Waals surface area contributed by atoms with Crippen LogP contribution in [0.15, 0.2) is 0 Å². The molecule has 0 aliphatic carbocycles. The van der Waals surface area contributed by atoms with Gasteiger partial charge in [0, 0.05) is 57.7 Å². The van der Waals surface area contributed by atoms with Crippen molar-refractivity contribution in [2.45, 2.75) is 223 Å². The molecule has 0 radical (unpaired) electrons. The summed E-state index contributed by atoms with van der Waals surface area (Å²) in [5.41, 5.74) is 10.6. The minimum atomic E-state index is -1.82. The average molecular weight is 1420 g/mol. The van der Waals surface area contributed by atoms with Gasteiger partial charge in [-0.3, -0.25) is 62.3 Å². The van der Waals surface area contributed by atoms with Crippen molar-refractivity contribution in [2.75, 3.05) is 121 Å². The molecule has 0 aliphatic heterocycles. The van der Waals surface area contributed by atoms with E-state index in [1.54, 1.807) is 19.0 Å². The second kappa shape index (κ2) is 58.9. The van der Waals surface area contributed by atoms with E-state index in [2.05, 4.69) is 42.5 Å². The summed E-state index contributed by atoms with van der Waals surface area (Å²) in [4.78, 5) is 168. The summed E-state index contributed by atoms with van der Waals surface area (Å²) in [7, 11) is 6.96. The standard InChI is InChI=1S/C66H120N12O21/c1-47(78(4)5)26-29-55(83)52(42-79)75-62(91)49(27-30-56(67)84)72-64(93)51(32-34-77(2)3)74-66(95)54(44-81)76-63(92)50(28-31-57(68)85)73-65(94)53(43-80)71-58(86)41-70-60(88)46-99-40-38-97-36-33-69-59(87)45-98-39-37-96-35-22-24-48(82)23-20-18-16-14-12-10-8-6-7-9-11-13-15-17-19-21-25-61(89)90/h47,49-54,79-81H,6-46H2,1-5H3,(H2,67,84)(H2,68,85)(H,69,87)(H,70,88)(H,71,86)(H,72,93)(H,73,94)(H,74,95)(H,75,91)(H,76,92)(H,89,90)/t47-,49+,50+,51+,52+,53-,54+/m1/s1. The van der Waals surface area contributed by atoms with E-state index in [1.165, 1.54) is 64.2 Å². The van der Waals surface area contributed by atoms with Crippen molar-refractivity contribution in [3.05, 3.63) is 0 Å². The maximum absolute atomic E-state index is 13.8. The first-order chi connectivity index (χ1) is 47.2. The van der Waals surface area contributed by atoms with Crippen LogP contribution in [-0.4, -0.2) is 270 Å². The number of nitrogens with zero attached hydrogens (tertiary/aromatic N) is 2. The number of ether oxygens (including phenoxy) is 4. The highest BCUT2D eigenvalue weighted by atomic mass is 16.5. The number of nitrogens with two attached hydrogens (primary N) is 2. The fraction of sp³-hybridized carbons (Fsp3) is 0.803. The topological polar surface area (TPSA) is 495 Å². The van der Waals surface area contributed by atoms with Crippen LogP contribution in [-0.2, 0) is 81.3 Å². The Hall–Kier alpha value is -6.85. The molecule has 0 aromatic heterocycles. The van der Waals surface area contributed by atoms with Crippen LogP contribution in [0.25, 0.3) is 0 Å². The Morgan fingerprint density at radius 2 is 0.758 bits per heavy atom. The highest BCUT2D eigenvalue weighted by molar-refractivity contribution is 5.98. The number of aliphatic hydroxyl groups is 3. The van der Waals surface area contributed by atoms with Crippen LogP contribution in [0.4, 0.5) is 0 Å². The zero-order chi connectivity index (χ0) is 74.2. The molecular weight excluding hydrogens is 1300 g/mol. The van der Waals surface area contributed by atoms with E-state index in [-0.39, 0.29) is 96.1 Å². The lowest BCUT2D eigenvalue weighted by Crippen LogP contribution is -2.61. The molecule has 10 amide bonds. The van der Waals surface area contributed by atoms with E-state index in [4.69, 9.17) is 35.5 Å². The molecule has 0 unspecified atom stereocenters. The lowest BCUT2D eigenvalue weighted by Gasteiger charge is -2.27. The summed E-state index contributed by atoms with van der Waals surface area (Å²) in [6.07, 6.45) is 19.1. The number of unbranched alkanes of at least 4 members (excludes halogenated alkanes) is 15. The van der Waals surface area contributed by atoms with E-state index >= 15 is 0 Å². The number of aliphatic carboxylic acids is 1. The van der Waals surface area contributed by atoms with E-state index < -0.39 is 153 Å². The number of aliphatic hydroxyl groups excluding tert-OH is 3. The lowest BCUT2D eigenvalue weighted by molar-refractivity contribution is -0.137. The molecule has 99 heavy (non-hydrogen) atoms. The molecule has 33 nitrogen and oxygen atoms in total. The number of hydrogen-bond acceptors (Lipinski definition) is 22. The van der Waals surface area contributed by atoms with E-state index in [9.17, 15) is 77.6 Å². The minimum Gasteiger partial charge on any atom is -0.481 e. The van der Waals surface area contributed by atoms with Gasteiger partial charge in [-0.05, 0) is 86.6 Å². The average Bonchev–Trinajstić information content (AvgIpc) is 0.882. The maximum Gasteiger partial charge on any atom is 0.303 e. The molecule has 0 bridgehead atoms. The van der Waals surface area contributed by atoms with E-state index in [1.807, 2.05) is 25.9 Å². The van der Waals surface area contributed by atoms with E-state index in [0.717, 1.165) is 38.5 Å². The van der Waals surface area contributed by atoms with Crippen molar-refractivity contribution in [3.8, 4) is 0 Å². The highest BCUT2D eigenvalue weighted by Gasteiger charge is 2.34. The Kier molecular flexibility index (Phi) is 54.8. The largest absolute Gasteiger partial charge is 0.481 e. The number of carbonyl (C=O) groups excluding carboxylic acids is 12. The number of carboxylic acids is 1. The number of rotatable bonds is 66. The molecule has 0 heterocycles. The van der Waals surface area contributed by atoms with Gasteiger partial charge in [0.1, 0.15) is 55.2 Å². The summed E-state index contributed by atoms with van der Waals surface area (Å²) in [5, 5.41) is 57.8. The van der Waals surface area contributed by atoms with Gasteiger partial charge in [0.2, 0.25) is 59.1 Å². The van der Waals surface area contributed by atoms with Gasteiger partial charge in [0.15, 0.2) is 5.78 Å². The fourth-order valence-corrected chi connectivity index (χ4v) is 9.66. The summed E-state index contributed by atoms with van der Waals surface area (Å²) >= 11 is 0. The van der Waals surface area contributed by atoms with Crippen LogP contribution >= 0.6 is 0 Å². The van der Waals surface area contributed by atoms with Crippen LogP contribution in [0.3, 0.4) is 0 Å². The van der Waals surface area contributed by atoms with Gasteiger partial charge < -0.3 is 103 Å². The van der Waals surface area contributed by atoms with Crippen molar-refractivity contribution in [2.24, 2.45) is 11.5 Å². The number of ketones is 2. The van der Waals surface area contributed by atoms with Gasteiger partial charge in [-0.1, -0.05) is 89.9 Å². The SMILES string of the molecule is C[C@H](CCC(=O)[C@H](CO)NC(=O)[C@H](CCC(N)=O)NC(=O)[C@H](CCN(C)C)NC(=O)[C@H](CO)NC(=O)[C@H](CCC(N)=O)NC(=O)[C@@H](CO)NC(=O)CNC(=O)COCCOCCNC(=O)COCCOCCCC(=O)CCCCCCCCCCCCCCCCCCC(=O)O)N(C)C. The molecule has 7 atom stereocenters. The van der Waals surface area contributed by atoms with Crippen LogP contribution in [0.1, 0.15) is 180 Å². The zero-order valence-corrected chi connectivity index (χ0v) is 59.3. The summed E-state index contributed by atoms with van der Waals surface area (Å²) < 4.78 is 21.5. The lowest BCUT2D eigenvalue weighted by atomic mass is 10.0. The van der Waals surface area contributed by atoms with Gasteiger partial charge in [-0.2, -0.15) is 0 Å². The van der Waals surface area contributed by atoms with Crippen LogP contribution < -0.4 is 54.0 Å². The second-order valence-corrected chi connectivity index (χ2v) is 25.0.